The van der Waals surface area contributed by atoms with Crippen molar-refractivity contribution in [1.29, 1.82) is 0 Å². The average molecular weight is 679 g/mol. The monoisotopic (exact) mass is 678 g/mol. The molecule has 6 heteroatoms. The molecule has 0 aliphatic heterocycles. The first kappa shape index (κ1) is 30.5. The summed E-state index contributed by atoms with van der Waals surface area (Å²) in [5, 5.41) is 0. The molecule has 0 aliphatic rings. The zero-order valence-corrected chi connectivity index (χ0v) is 28.5. The highest BCUT2D eigenvalue weighted by Crippen LogP contribution is 2.37. The van der Waals surface area contributed by atoms with Crippen molar-refractivity contribution < 1.29 is 0 Å². The van der Waals surface area contributed by atoms with Gasteiger partial charge in [0.2, 0.25) is 0 Å². The Labute approximate surface area is 305 Å². The predicted molar refractivity (Wildman–Crippen MR) is 214 cm³/mol. The highest BCUT2D eigenvalue weighted by atomic mass is 15.1. The third kappa shape index (κ3) is 5.59. The van der Waals surface area contributed by atoms with Crippen molar-refractivity contribution >= 4 is 27.7 Å². The fourth-order valence-corrected chi connectivity index (χ4v) is 7.06. The van der Waals surface area contributed by atoms with Crippen molar-refractivity contribution in [3.8, 4) is 67.7 Å². The lowest BCUT2D eigenvalue weighted by atomic mass is 9.91. The number of aromatic nitrogens is 6. The quantitative estimate of drug-likeness (QED) is 0.175. The van der Waals surface area contributed by atoms with E-state index in [1.807, 2.05) is 72.8 Å². The molecule has 6 aromatic carbocycles. The lowest BCUT2D eigenvalue weighted by Gasteiger charge is -2.14. The molecule has 0 fully saturated rings. The molecule has 10 rings (SSSR count). The van der Waals surface area contributed by atoms with Crippen LogP contribution in [0.25, 0.3) is 95.4 Å². The summed E-state index contributed by atoms with van der Waals surface area (Å²) in [5.41, 5.74) is 14.1. The van der Waals surface area contributed by atoms with E-state index in [9.17, 15) is 0 Å². The number of benzene rings is 6. The Morgan fingerprint density at radius 2 is 0.830 bits per heavy atom. The number of imidazole rings is 1. The van der Waals surface area contributed by atoms with E-state index < -0.39 is 0 Å². The van der Waals surface area contributed by atoms with E-state index >= 15 is 0 Å². The van der Waals surface area contributed by atoms with Gasteiger partial charge in [-0.1, -0.05) is 140 Å². The molecule has 53 heavy (non-hydrogen) atoms. The Bertz CT molecular complexity index is 2920. The average Bonchev–Trinajstić information content (AvgIpc) is 3.63. The summed E-state index contributed by atoms with van der Waals surface area (Å²) >= 11 is 0. The minimum absolute atomic E-state index is 0.512. The van der Waals surface area contributed by atoms with Crippen molar-refractivity contribution in [2.24, 2.45) is 0 Å². The number of para-hydroxylation sites is 2. The van der Waals surface area contributed by atoms with Gasteiger partial charge in [-0.2, -0.15) is 0 Å². The predicted octanol–water partition coefficient (Wildman–Crippen LogP) is 11.2. The van der Waals surface area contributed by atoms with E-state index in [-0.39, 0.29) is 0 Å². The number of hydrogen-bond donors (Lipinski definition) is 0. The van der Waals surface area contributed by atoms with Crippen molar-refractivity contribution in [1.82, 2.24) is 29.3 Å². The van der Waals surface area contributed by atoms with Gasteiger partial charge < -0.3 is 0 Å². The van der Waals surface area contributed by atoms with Gasteiger partial charge in [-0.25, -0.2) is 24.9 Å². The van der Waals surface area contributed by atoms with E-state index in [1.165, 1.54) is 22.3 Å². The molecule has 0 bridgehead atoms. The summed E-state index contributed by atoms with van der Waals surface area (Å²) in [6.07, 6.45) is 0. The number of pyridine rings is 2. The number of hydrogen-bond acceptors (Lipinski definition) is 5. The van der Waals surface area contributed by atoms with Crippen LogP contribution in [0, 0.1) is 0 Å². The van der Waals surface area contributed by atoms with E-state index in [4.69, 9.17) is 24.9 Å². The molecule has 248 valence electrons. The number of rotatable bonds is 6. The minimum atomic E-state index is 0.512. The topological polar surface area (TPSA) is 68.9 Å². The van der Waals surface area contributed by atoms with Crippen LogP contribution in [0.4, 0.5) is 0 Å². The summed E-state index contributed by atoms with van der Waals surface area (Å²) in [5.74, 6) is 1.69. The Kier molecular flexibility index (Phi) is 7.36. The second kappa shape index (κ2) is 12.8. The zero-order chi connectivity index (χ0) is 35.1. The highest BCUT2D eigenvalue weighted by molar-refractivity contribution is 5.90. The van der Waals surface area contributed by atoms with Crippen LogP contribution in [0.2, 0.25) is 0 Å². The van der Waals surface area contributed by atoms with Gasteiger partial charge in [-0.05, 0) is 75.8 Å². The van der Waals surface area contributed by atoms with Crippen molar-refractivity contribution in [3.63, 3.8) is 0 Å². The Hall–Kier alpha value is -7.31. The fraction of sp³-hybridized carbons (Fsp3) is 0. The molecule has 0 spiro atoms. The maximum Gasteiger partial charge on any atom is 0.182 e. The van der Waals surface area contributed by atoms with Crippen LogP contribution in [0.3, 0.4) is 0 Å². The van der Waals surface area contributed by atoms with Crippen LogP contribution < -0.4 is 0 Å². The first-order chi connectivity index (χ1) is 26.2. The molecule has 0 unspecified atom stereocenters. The Morgan fingerprint density at radius 3 is 1.57 bits per heavy atom. The highest BCUT2D eigenvalue weighted by Gasteiger charge is 2.16. The lowest BCUT2D eigenvalue weighted by molar-refractivity contribution is 1.06. The lowest BCUT2D eigenvalue weighted by Crippen LogP contribution is -2.01. The van der Waals surface area contributed by atoms with Crippen LogP contribution in [0.15, 0.2) is 182 Å². The van der Waals surface area contributed by atoms with Crippen LogP contribution >= 0.6 is 0 Å². The van der Waals surface area contributed by atoms with Gasteiger partial charge in [0, 0.05) is 11.1 Å². The van der Waals surface area contributed by atoms with Gasteiger partial charge in [0.25, 0.3) is 0 Å². The minimum Gasteiger partial charge on any atom is -0.291 e. The summed E-state index contributed by atoms with van der Waals surface area (Å²) in [7, 11) is 0. The normalized spacial score (nSPS) is 11.4. The molecule has 0 radical (unpaired) electrons. The van der Waals surface area contributed by atoms with Crippen molar-refractivity contribution in [2.45, 2.75) is 0 Å². The molecule has 0 atom stereocenters. The molecule has 0 N–H and O–H groups in total. The molecule has 10 aromatic rings. The largest absolute Gasteiger partial charge is 0.291 e. The van der Waals surface area contributed by atoms with Gasteiger partial charge in [-0.3, -0.25) is 4.40 Å². The summed E-state index contributed by atoms with van der Waals surface area (Å²) in [6, 6.07) is 62.5. The molecule has 0 amide bonds. The molecule has 0 saturated carbocycles. The summed E-state index contributed by atoms with van der Waals surface area (Å²) in [4.78, 5) is 24.8. The molecule has 0 saturated heterocycles. The SMILES string of the molecule is c1ccc(-c2ccc(-c3ccc(-c4nc(-c5ccccc5)nc(-c5ccc6c(ccc7nc8ccccc8n76)n5)n4)cc3)c(-c3ccccc3)c2)cc1. The second-order valence-corrected chi connectivity index (χ2v) is 13.0. The molecular weight excluding hydrogens is 649 g/mol. The first-order valence-electron chi connectivity index (χ1n) is 17.6. The molecule has 6 nitrogen and oxygen atoms in total. The second-order valence-electron chi connectivity index (χ2n) is 13.0. The third-order valence-corrected chi connectivity index (χ3v) is 9.68. The summed E-state index contributed by atoms with van der Waals surface area (Å²) in [6.45, 7) is 0. The molecular formula is C47H30N6. The van der Waals surface area contributed by atoms with Crippen molar-refractivity contribution in [2.75, 3.05) is 0 Å². The van der Waals surface area contributed by atoms with E-state index in [2.05, 4.69) is 114 Å². The van der Waals surface area contributed by atoms with Crippen LogP contribution in [-0.2, 0) is 0 Å². The summed E-state index contributed by atoms with van der Waals surface area (Å²) < 4.78 is 2.15. The van der Waals surface area contributed by atoms with E-state index in [0.29, 0.717) is 23.2 Å². The number of nitrogens with zero attached hydrogens (tertiary/aromatic N) is 6. The Balaban J connectivity index is 1.07. The fourth-order valence-electron chi connectivity index (χ4n) is 7.06. The van der Waals surface area contributed by atoms with Crippen LogP contribution in [0.5, 0.6) is 0 Å². The third-order valence-electron chi connectivity index (χ3n) is 9.68. The first-order valence-corrected chi connectivity index (χ1v) is 17.6. The smallest absolute Gasteiger partial charge is 0.182 e. The zero-order valence-electron chi connectivity index (χ0n) is 28.5. The van der Waals surface area contributed by atoms with Gasteiger partial charge in [0.15, 0.2) is 17.5 Å². The maximum atomic E-state index is 5.07. The molecule has 4 heterocycles. The van der Waals surface area contributed by atoms with Gasteiger partial charge in [0.05, 0.1) is 22.1 Å². The van der Waals surface area contributed by atoms with E-state index in [0.717, 1.165) is 50.0 Å². The van der Waals surface area contributed by atoms with Crippen LogP contribution in [0.1, 0.15) is 0 Å². The number of fused-ring (bicyclic) bond motifs is 5. The Morgan fingerprint density at radius 1 is 0.302 bits per heavy atom. The van der Waals surface area contributed by atoms with Crippen LogP contribution in [-0.4, -0.2) is 29.3 Å². The molecule has 0 aliphatic carbocycles. The van der Waals surface area contributed by atoms with Gasteiger partial charge in [-0.15, -0.1) is 0 Å². The molecule has 4 aromatic heterocycles. The van der Waals surface area contributed by atoms with Gasteiger partial charge >= 0.3 is 0 Å². The maximum absolute atomic E-state index is 5.07. The van der Waals surface area contributed by atoms with E-state index in [1.54, 1.807) is 0 Å². The van der Waals surface area contributed by atoms with Crippen molar-refractivity contribution in [3.05, 3.63) is 182 Å². The van der Waals surface area contributed by atoms with Gasteiger partial charge in [0.1, 0.15) is 11.3 Å². The standard InChI is InChI=1S/C47H30N6/c1-4-12-31(13-5-1)36-24-25-37(38(30-36)32-14-6-2-7-15-32)33-20-22-35(23-21-33)46-50-45(34-16-8-3-9-17-34)51-47(52-46)41-26-28-43-40(48-41)27-29-44-49-39-18-10-11-19-42(39)53(43)44/h1-30H.